The summed E-state index contributed by atoms with van der Waals surface area (Å²) in [6.07, 6.45) is 0. The second-order valence-electron chi connectivity index (χ2n) is 4.10. The fourth-order valence-electron chi connectivity index (χ4n) is 1.42. The van der Waals surface area contributed by atoms with Gasteiger partial charge in [0, 0.05) is 5.56 Å². The van der Waals surface area contributed by atoms with Crippen LogP contribution in [0.1, 0.15) is 13.8 Å². The summed E-state index contributed by atoms with van der Waals surface area (Å²) in [6, 6.07) is 12.0. The van der Waals surface area contributed by atoms with Gasteiger partial charge in [-0.15, -0.1) is 0 Å². The van der Waals surface area contributed by atoms with Gasteiger partial charge in [0.15, 0.2) is 11.5 Å². The molecule has 0 aliphatic rings. The number of ketones is 1. The van der Waals surface area contributed by atoms with Crippen LogP contribution < -0.4 is 0 Å². The molecule has 0 aliphatic carbocycles. The zero-order chi connectivity index (χ0) is 14.4. The number of Topliss-reactive ketones (excluding diaryl/α,β-unsaturated/α-hetero) is 1. The predicted molar refractivity (Wildman–Crippen MR) is 73.2 cm³/mol. The average molecular weight is 260 g/mol. The molecule has 0 aromatic heterocycles. The maximum atomic E-state index is 9.62. The minimum atomic E-state index is -0.489. The Morgan fingerprint density at radius 3 is 1.89 bits per heavy atom. The van der Waals surface area contributed by atoms with E-state index >= 15 is 0 Å². The van der Waals surface area contributed by atoms with Crippen LogP contribution in [0.25, 0.3) is 11.1 Å². The summed E-state index contributed by atoms with van der Waals surface area (Å²) in [7, 11) is 0. The Bertz CT molecular complexity index is 558. The molecule has 2 rings (SSSR count). The largest absolute Gasteiger partial charge is 0.504 e. The lowest BCUT2D eigenvalue weighted by atomic mass is 10.0. The summed E-state index contributed by atoms with van der Waals surface area (Å²) >= 11 is 0. The van der Waals surface area contributed by atoms with E-state index in [1.54, 1.807) is 6.07 Å². The number of phenols is 3. The van der Waals surface area contributed by atoms with Crippen LogP contribution in [0.5, 0.6) is 17.2 Å². The van der Waals surface area contributed by atoms with E-state index in [0.717, 1.165) is 5.56 Å². The van der Waals surface area contributed by atoms with E-state index < -0.39 is 5.75 Å². The molecule has 0 atom stereocenters. The predicted octanol–water partition coefficient (Wildman–Crippen LogP) is 3.07. The normalized spacial score (nSPS) is 9.37. The van der Waals surface area contributed by atoms with Gasteiger partial charge in [-0.3, -0.25) is 0 Å². The van der Waals surface area contributed by atoms with Gasteiger partial charge >= 0.3 is 0 Å². The van der Waals surface area contributed by atoms with Crippen molar-refractivity contribution >= 4 is 5.78 Å². The smallest absolute Gasteiger partial charge is 0.200 e. The van der Waals surface area contributed by atoms with Crippen molar-refractivity contribution in [3.8, 4) is 28.4 Å². The van der Waals surface area contributed by atoms with Crippen molar-refractivity contribution in [2.45, 2.75) is 13.8 Å². The van der Waals surface area contributed by atoms with Crippen LogP contribution in [0.2, 0.25) is 0 Å². The van der Waals surface area contributed by atoms with Gasteiger partial charge in [0.2, 0.25) is 5.75 Å². The summed E-state index contributed by atoms with van der Waals surface area (Å²) in [4.78, 5) is 9.44. The molecule has 2 aromatic rings. The van der Waals surface area contributed by atoms with Crippen molar-refractivity contribution in [3.05, 3.63) is 42.5 Å². The van der Waals surface area contributed by atoms with E-state index in [1.165, 1.54) is 19.9 Å². The van der Waals surface area contributed by atoms with Crippen LogP contribution in [0.3, 0.4) is 0 Å². The van der Waals surface area contributed by atoms with Gasteiger partial charge < -0.3 is 20.1 Å². The molecule has 100 valence electrons. The molecule has 0 saturated carbocycles. The number of rotatable bonds is 1. The van der Waals surface area contributed by atoms with E-state index in [2.05, 4.69) is 0 Å². The van der Waals surface area contributed by atoms with Crippen LogP contribution in [0.15, 0.2) is 42.5 Å². The molecule has 0 bridgehead atoms. The third kappa shape index (κ3) is 4.03. The van der Waals surface area contributed by atoms with Crippen LogP contribution >= 0.6 is 0 Å². The number of hydrogen-bond donors (Lipinski definition) is 3. The topological polar surface area (TPSA) is 77.8 Å². The molecule has 4 heteroatoms. The van der Waals surface area contributed by atoms with Crippen LogP contribution in [0, 0.1) is 0 Å². The van der Waals surface area contributed by atoms with E-state index in [4.69, 9.17) is 5.11 Å². The fourth-order valence-corrected chi connectivity index (χ4v) is 1.42. The van der Waals surface area contributed by atoms with E-state index in [1.807, 2.05) is 30.3 Å². The third-order valence-electron chi connectivity index (χ3n) is 2.21. The number of carbonyl (C=O) groups is 1. The molecule has 19 heavy (non-hydrogen) atoms. The molecule has 0 spiro atoms. The Labute approximate surface area is 111 Å². The minimum absolute atomic E-state index is 0.167. The lowest BCUT2D eigenvalue weighted by Crippen LogP contribution is -1.79. The fraction of sp³-hybridized carbons (Fsp3) is 0.133. The monoisotopic (exact) mass is 260 g/mol. The molecule has 0 radical (unpaired) electrons. The zero-order valence-electron chi connectivity index (χ0n) is 10.8. The van der Waals surface area contributed by atoms with E-state index in [0.29, 0.717) is 5.56 Å². The number of phenolic OH excluding ortho intramolecular Hbond substituents is 3. The van der Waals surface area contributed by atoms with Gasteiger partial charge in [-0.2, -0.15) is 0 Å². The average Bonchev–Trinajstić information content (AvgIpc) is 2.37. The quantitative estimate of drug-likeness (QED) is 0.688. The second kappa shape index (κ2) is 6.44. The molecule has 0 heterocycles. The summed E-state index contributed by atoms with van der Waals surface area (Å²) in [5.41, 5.74) is 1.27. The lowest BCUT2D eigenvalue weighted by Gasteiger charge is -2.07. The Balaban J connectivity index is 0.000000399. The number of benzene rings is 2. The highest BCUT2D eigenvalue weighted by Gasteiger charge is 2.11. The lowest BCUT2D eigenvalue weighted by molar-refractivity contribution is -0.114. The SMILES string of the molecule is CC(C)=O.Oc1ccc(-c2ccccc2)c(O)c1O. The standard InChI is InChI=1S/C12H10O3.C3H6O/c13-10-7-6-9(11(14)12(10)15)8-4-2-1-3-5-8;1-3(2)4/h1-7,13-15H;1-2H3. The van der Waals surface area contributed by atoms with Crippen molar-refractivity contribution in [1.82, 2.24) is 0 Å². The molecular formula is C15H16O4. The van der Waals surface area contributed by atoms with Crippen LogP contribution in [-0.2, 0) is 4.79 Å². The Hall–Kier alpha value is -2.49. The summed E-state index contributed by atoms with van der Waals surface area (Å²) in [5.74, 6) is -0.954. The van der Waals surface area contributed by atoms with Crippen molar-refractivity contribution in [2.75, 3.05) is 0 Å². The van der Waals surface area contributed by atoms with Gasteiger partial charge in [-0.1, -0.05) is 30.3 Å². The van der Waals surface area contributed by atoms with Gasteiger partial charge in [0.25, 0.3) is 0 Å². The molecule has 0 saturated heterocycles. The zero-order valence-corrected chi connectivity index (χ0v) is 10.8. The van der Waals surface area contributed by atoms with Crippen molar-refractivity contribution in [3.63, 3.8) is 0 Å². The van der Waals surface area contributed by atoms with Crippen molar-refractivity contribution in [1.29, 1.82) is 0 Å². The van der Waals surface area contributed by atoms with Gasteiger partial charge in [0.1, 0.15) is 5.78 Å². The highest BCUT2D eigenvalue weighted by atomic mass is 16.3. The van der Waals surface area contributed by atoms with Crippen LogP contribution in [0.4, 0.5) is 0 Å². The Morgan fingerprint density at radius 1 is 0.842 bits per heavy atom. The van der Waals surface area contributed by atoms with Gasteiger partial charge in [-0.25, -0.2) is 0 Å². The maximum Gasteiger partial charge on any atom is 0.200 e. The number of aromatic hydroxyl groups is 3. The molecule has 3 N–H and O–H groups in total. The Morgan fingerprint density at radius 2 is 1.37 bits per heavy atom. The maximum absolute atomic E-state index is 9.62. The number of hydrogen-bond acceptors (Lipinski definition) is 4. The van der Waals surface area contributed by atoms with Crippen molar-refractivity contribution in [2.24, 2.45) is 0 Å². The summed E-state index contributed by atoms with van der Waals surface area (Å²) in [5, 5.41) is 28.1. The molecule has 4 nitrogen and oxygen atoms in total. The summed E-state index contributed by atoms with van der Waals surface area (Å²) in [6.45, 7) is 3.06. The molecule has 0 unspecified atom stereocenters. The molecule has 0 aliphatic heterocycles. The molecule has 0 amide bonds. The summed E-state index contributed by atoms with van der Waals surface area (Å²) < 4.78 is 0. The van der Waals surface area contributed by atoms with Gasteiger partial charge in [0.05, 0.1) is 0 Å². The van der Waals surface area contributed by atoms with E-state index in [-0.39, 0.29) is 17.3 Å². The molecule has 0 fully saturated rings. The van der Waals surface area contributed by atoms with Crippen LogP contribution in [-0.4, -0.2) is 21.1 Å². The third-order valence-corrected chi connectivity index (χ3v) is 2.21. The first-order chi connectivity index (χ1) is 8.93. The van der Waals surface area contributed by atoms with E-state index in [9.17, 15) is 15.0 Å². The first-order valence-electron chi connectivity index (χ1n) is 5.70. The molecular weight excluding hydrogens is 244 g/mol. The Kier molecular flexibility index (Phi) is 4.94. The number of carbonyl (C=O) groups excluding carboxylic acids is 1. The minimum Gasteiger partial charge on any atom is -0.504 e. The molecule has 2 aromatic carbocycles. The van der Waals surface area contributed by atoms with Crippen molar-refractivity contribution < 1.29 is 20.1 Å². The van der Waals surface area contributed by atoms with Gasteiger partial charge in [-0.05, 0) is 31.5 Å². The highest BCUT2D eigenvalue weighted by molar-refractivity contribution is 5.75. The highest BCUT2D eigenvalue weighted by Crippen LogP contribution is 2.41. The first kappa shape index (κ1) is 14.6. The second-order valence-corrected chi connectivity index (χ2v) is 4.10. The first-order valence-corrected chi connectivity index (χ1v) is 5.70.